The predicted molar refractivity (Wildman–Crippen MR) is 123 cm³/mol. The van der Waals surface area contributed by atoms with Gasteiger partial charge in [0.15, 0.2) is 0 Å². The molecule has 0 spiro atoms. The Balaban J connectivity index is 0.00000272. The van der Waals surface area contributed by atoms with Gasteiger partial charge in [-0.1, -0.05) is 24.3 Å². The number of hydrogen-bond donors (Lipinski definition) is 2. The first-order valence-corrected chi connectivity index (χ1v) is 9.44. The monoisotopic (exact) mass is 437 g/mol. The van der Waals surface area contributed by atoms with Crippen molar-refractivity contribution in [2.75, 3.05) is 11.1 Å². The molecular formula is C24H21ClFN3O2. The molecule has 0 saturated heterocycles. The second kappa shape index (κ2) is 9.45. The van der Waals surface area contributed by atoms with Crippen LogP contribution in [-0.2, 0) is 6.61 Å². The first-order chi connectivity index (χ1) is 14.5. The summed E-state index contributed by atoms with van der Waals surface area (Å²) < 4.78 is 19.0. The highest BCUT2D eigenvalue weighted by atomic mass is 35.5. The third-order valence-electron chi connectivity index (χ3n) is 4.68. The molecule has 1 aromatic heterocycles. The molecule has 7 heteroatoms. The molecule has 0 atom stereocenters. The van der Waals surface area contributed by atoms with E-state index in [-0.39, 0.29) is 30.7 Å². The molecule has 0 aliphatic rings. The Morgan fingerprint density at radius 3 is 2.68 bits per heavy atom. The van der Waals surface area contributed by atoms with Gasteiger partial charge in [0, 0.05) is 39.6 Å². The number of hydrogen-bond acceptors (Lipinski definition) is 4. The van der Waals surface area contributed by atoms with E-state index in [0.717, 1.165) is 16.6 Å². The molecule has 0 unspecified atom stereocenters. The fourth-order valence-electron chi connectivity index (χ4n) is 3.25. The number of pyridine rings is 1. The van der Waals surface area contributed by atoms with Crippen LogP contribution in [0.25, 0.3) is 10.9 Å². The van der Waals surface area contributed by atoms with Crippen molar-refractivity contribution in [3.8, 4) is 5.75 Å². The molecule has 4 aromatic rings. The van der Waals surface area contributed by atoms with Gasteiger partial charge in [0.1, 0.15) is 18.2 Å². The number of nitrogens with one attached hydrogen (secondary N) is 1. The number of fused-ring (bicyclic) bond motifs is 1. The Labute approximate surface area is 185 Å². The molecule has 158 valence electrons. The molecule has 5 nitrogen and oxygen atoms in total. The zero-order valence-corrected chi connectivity index (χ0v) is 17.6. The number of nitrogens with two attached hydrogens (primary N) is 1. The van der Waals surface area contributed by atoms with Gasteiger partial charge in [0.05, 0.1) is 5.52 Å². The molecular weight excluding hydrogens is 417 g/mol. The number of nitrogen functional groups attached to an aromatic ring is 1. The van der Waals surface area contributed by atoms with E-state index in [0.29, 0.717) is 28.3 Å². The smallest absolute Gasteiger partial charge is 0.256 e. The standard InChI is InChI=1S/C24H20FN3O2.ClH/c1-15-11-22(26)21-13-18(9-10-23(21)27-15)28-24(29)20-8-3-2-5-16(20)14-30-19-7-4-6-17(25)12-19;/h2-13H,14H2,1H3,(H2,26,27)(H,28,29);1H. The van der Waals surface area contributed by atoms with Crippen LogP contribution in [0.15, 0.2) is 72.8 Å². The molecule has 0 aliphatic carbocycles. The number of benzene rings is 3. The summed E-state index contributed by atoms with van der Waals surface area (Å²) in [4.78, 5) is 17.4. The van der Waals surface area contributed by atoms with Gasteiger partial charge in [-0.2, -0.15) is 0 Å². The fourth-order valence-corrected chi connectivity index (χ4v) is 3.25. The summed E-state index contributed by atoms with van der Waals surface area (Å²) in [6.07, 6.45) is 0. The predicted octanol–water partition coefficient (Wildman–Crippen LogP) is 5.52. The lowest BCUT2D eigenvalue weighted by Gasteiger charge is -2.12. The second-order valence-electron chi connectivity index (χ2n) is 6.94. The number of amides is 1. The van der Waals surface area contributed by atoms with Crippen LogP contribution in [0.1, 0.15) is 21.6 Å². The van der Waals surface area contributed by atoms with Crippen LogP contribution in [0, 0.1) is 12.7 Å². The minimum absolute atomic E-state index is 0. The van der Waals surface area contributed by atoms with E-state index in [1.807, 2.05) is 19.1 Å². The first kappa shape index (κ1) is 22.1. The summed E-state index contributed by atoms with van der Waals surface area (Å²) in [6.45, 7) is 2.02. The van der Waals surface area contributed by atoms with Gasteiger partial charge in [0.25, 0.3) is 5.91 Å². The number of aryl methyl sites for hydroxylation is 1. The third-order valence-corrected chi connectivity index (χ3v) is 4.68. The number of anilines is 2. The molecule has 0 saturated carbocycles. The first-order valence-electron chi connectivity index (χ1n) is 9.44. The van der Waals surface area contributed by atoms with Crippen LogP contribution in [-0.4, -0.2) is 10.9 Å². The Morgan fingerprint density at radius 1 is 1.06 bits per heavy atom. The minimum atomic E-state index is -0.376. The van der Waals surface area contributed by atoms with Gasteiger partial charge in [-0.25, -0.2) is 4.39 Å². The van der Waals surface area contributed by atoms with E-state index in [1.54, 1.807) is 48.5 Å². The summed E-state index contributed by atoms with van der Waals surface area (Å²) in [7, 11) is 0. The topological polar surface area (TPSA) is 77.2 Å². The van der Waals surface area contributed by atoms with Crippen LogP contribution in [0.2, 0.25) is 0 Å². The minimum Gasteiger partial charge on any atom is -0.489 e. The molecule has 31 heavy (non-hydrogen) atoms. The highest BCUT2D eigenvalue weighted by Gasteiger charge is 2.13. The van der Waals surface area contributed by atoms with Gasteiger partial charge < -0.3 is 15.8 Å². The Bertz CT molecular complexity index is 1250. The van der Waals surface area contributed by atoms with E-state index in [2.05, 4.69) is 10.3 Å². The number of aromatic nitrogens is 1. The third kappa shape index (κ3) is 5.10. The zero-order valence-electron chi connectivity index (χ0n) is 16.8. The summed E-state index contributed by atoms with van der Waals surface area (Å²) in [5, 5.41) is 3.68. The van der Waals surface area contributed by atoms with E-state index < -0.39 is 0 Å². The number of ether oxygens (including phenoxy) is 1. The van der Waals surface area contributed by atoms with Gasteiger partial charge in [-0.05, 0) is 49.4 Å². The molecule has 4 rings (SSSR count). The van der Waals surface area contributed by atoms with Crippen LogP contribution >= 0.6 is 12.4 Å². The molecule has 0 fully saturated rings. The molecule has 0 radical (unpaired) electrons. The molecule has 1 heterocycles. The Hall–Kier alpha value is -3.64. The largest absolute Gasteiger partial charge is 0.489 e. The molecule has 3 aromatic carbocycles. The number of carbonyl (C=O) groups excluding carboxylic acids is 1. The average molecular weight is 438 g/mol. The van der Waals surface area contributed by atoms with Gasteiger partial charge in [-0.15, -0.1) is 12.4 Å². The van der Waals surface area contributed by atoms with E-state index >= 15 is 0 Å². The van der Waals surface area contributed by atoms with Gasteiger partial charge in [-0.3, -0.25) is 9.78 Å². The highest BCUT2D eigenvalue weighted by molar-refractivity contribution is 6.06. The van der Waals surface area contributed by atoms with Gasteiger partial charge >= 0.3 is 0 Å². The maximum atomic E-state index is 13.3. The van der Waals surface area contributed by atoms with Crippen molar-refractivity contribution in [2.45, 2.75) is 13.5 Å². The number of rotatable bonds is 5. The summed E-state index contributed by atoms with van der Waals surface area (Å²) >= 11 is 0. The van der Waals surface area contributed by atoms with Crippen molar-refractivity contribution < 1.29 is 13.9 Å². The summed E-state index contributed by atoms with van der Waals surface area (Å²) in [6, 6.07) is 20.3. The van der Waals surface area contributed by atoms with Crippen LogP contribution < -0.4 is 15.8 Å². The molecule has 1 amide bonds. The second-order valence-corrected chi connectivity index (χ2v) is 6.94. The summed E-state index contributed by atoms with van der Waals surface area (Å²) in [5.41, 5.74) is 10.1. The Kier molecular flexibility index (Phi) is 6.72. The molecule has 3 N–H and O–H groups in total. The van der Waals surface area contributed by atoms with E-state index in [1.165, 1.54) is 12.1 Å². The maximum Gasteiger partial charge on any atom is 0.256 e. The quantitative estimate of drug-likeness (QED) is 0.431. The van der Waals surface area contributed by atoms with E-state index in [9.17, 15) is 9.18 Å². The van der Waals surface area contributed by atoms with Crippen molar-refractivity contribution in [3.05, 3.63) is 95.4 Å². The van der Waals surface area contributed by atoms with Crippen molar-refractivity contribution in [1.29, 1.82) is 0 Å². The lowest BCUT2D eigenvalue weighted by atomic mass is 10.1. The highest BCUT2D eigenvalue weighted by Crippen LogP contribution is 2.25. The van der Waals surface area contributed by atoms with Crippen LogP contribution in [0.4, 0.5) is 15.8 Å². The molecule has 0 bridgehead atoms. The lowest BCUT2D eigenvalue weighted by Crippen LogP contribution is -2.15. The normalized spacial score (nSPS) is 10.4. The number of nitrogens with zero attached hydrogens (tertiary/aromatic N) is 1. The Morgan fingerprint density at radius 2 is 1.87 bits per heavy atom. The van der Waals surface area contributed by atoms with Crippen molar-refractivity contribution in [1.82, 2.24) is 4.98 Å². The van der Waals surface area contributed by atoms with Crippen molar-refractivity contribution >= 4 is 40.6 Å². The number of halogens is 2. The fraction of sp³-hybridized carbons (Fsp3) is 0.0833. The zero-order chi connectivity index (χ0) is 21.1. The average Bonchev–Trinajstić information content (AvgIpc) is 2.73. The van der Waals surface area contributed by atoms with Crippen molar-refractivity contribution in [3.63, 3.8) is 0 Å². The summed E-state index contributed by atoms with van der Waals surface area (Å²) in [5.74, 6) is -0.247. The maximum absolute atomic E-state index is 13.3. The van der Waals surface area contributed by atoms with Crippen LogP contribution in [0.3, 0.4) is 0 Å². The van der Waals surface area contributed by atoms with Crippen LogP contribution in [0.5, 0.6) is 5.75 Å². The molecule has 0 aliphatic heterocycles. The SMILES string of the molecule is Cc1cc(N)c2cc(NC(=O)c3ccccc3COc3cccc(F)c3)ccc2n1.Cl. The van der Waals surface area contributed by atoms with Gasteiger partial charge in [0.2, 0.25) is 0 Å². The number of carbonyl (C=O) groups is 1. The van der Waals surface area contributed by atoms with E-state index in [4.69, 9.17) is 10.5 Å². The lowest BCUT2D eigenvalue weighted by molar-refractivity contribution is 0.102. The van der Waals surface area contributed by atoms with Crippen molar-refractivity contribution in [2.24, 2.45) is 0 Å².